The van der Waals surface area contributed by atoms with Gasteiger partial charge in [-0.3, -0.25) is 4.79 Å². The first kappa shape index (κ1) is 9.52. The molecule has 1 heterocycles. The molecule has 0 spiro atoms. The summed E-state index contributed by atoms with van der Waals surface area (Å²) in [5.74, 6) is 0.855. The molecule has 1 aliphatic heterocycles. The van der Waals surface area contributed by atoms with Gasteiger partial charge in [0.25, 0.3) is 0 Å². The van der Waals surface area contributed by atoms with Crippen molar-refractivity contribution < 1.29 is 9.53 Å². The van der Waals surface area contributed by atoms with E-state index in [1.54, 1.807) is 4.90 Å². The average molecular weight is 256 g/mol. The molecule has 0 saturated carbocycles. The van der Waals surface area contributed by atoms with E-state index in [2.05, 4.69) is 15.9 Å². The third-order valence-electron chi connectivity index (χ3n) is 2.14. The molecular weight excluding hydrogens is 246 g/mol. The molecule has 0 radical (unpaired) electrons. The molecule has 1 aromatic rings. The van der Waals surface area contributed by atoms with Crippen molar-refractivity contribution in [1.82, 2.24) is 0 Å². The van der Waals surface area contributed by atoms with E-state index in [9.17, 15) is 4.79 Å². The van der Waals surface area contributed by atoms with Gasteiger partial charge in [0.1, 0.15) is 12.4 Å². The van der Waals surface area contributed by atoms with Crippen molar-refractivity contribution in [1.29, 1.82) is 0 Å². The van der Waals surface area contributed by atoms with Crippen LogP contribution in [0.25, 0.3) is 0 Å². The Morgan fingerprint density at radius 1 is 1.50 bits per heavy atom. The van der Waals surface area contributed by atoms with E-state index in [1.807, 2.05) is 24.3 Å². The van der Waals surface area contributed by atoms with Gasteiger partial charge in [-0.25, -0.2) is 0 Å². The number of ether oxygens (including phenoxy) is 1. The van der Waals surface area contributed by atoms with Crippen molar-refractivity contribution in [3.8, 4) is 5.75 Å². The van der Waals surface area contributed by atoms with Crippen LogP contribution in [-0.2, 0) is 4.79 Å². The minimum Gasteiger partial charge on any atom is -0.490 e. The molecule has 4 heteroatoms. The van der Waals surface area contributed by atoms with Crippen molar-refractivity contribution in [2.45, 2.75) is 0 Å². The number of amides is 1. The van der Waals surface area contributed by atoms with Crippen molar-refractivity contribution in [2.24, 2.45) is 0 Å². The lowest BCUT2D eigenvalue weighted by molar-refractivity contribution is -0.116. The van der Waals surface area contributed by atoms with E-state index in [-0.39, 0.29) is 5.91 Å². The first-order valence-corrected chi connectivity index (χ1v) is 5.53. The van der Waals surface area contributed by atoms with E-state index in [1.165, 1.54) is 0 Å². The van der Waals surface area contributed by atoms with Crippen LogP contribution in [0.3, 0.4) is 0 Å². The normalized spacial score (nSPS) is 14.5. The lowest BCUT2D eigenvalue weighted by Crippen LogP contribution is -2.38. The van der Waals surface area contributed by atoms with Crippen LogP contribution in [0, 0.1) is 0 Å². The van der Waals surface area contributed by atoms with Crippen molar-refractivity contribution in [3.05, 3.63) is 24.3 Å². The third-order valence-corrected chi connectivity index (χ3v) is 2.62. The van der Waals surface area contributed by atoms with Gasteiger partial charge in [-0.15, -0.1) is 0 Å². The molecule has 3 nitrogen and oxygen atoms in total. The molecule has 0 bridgehead atoms. The fourth-order valence-corrected chi connectivity index (χ4v) is 1.80. The first-order valence-electron chi connectivity index (χ1n) is 4.41. The number of fused-ring (bicyclic) bond motifs is 1. The molecule has 0 saturated heterocycles. The van der Waals surface area contributed by atoms with Crippen molar-refractivity contribution >= 4 is 27.5 Å². The quantitative estimate of drug-likeness (QED) is 0.717. The highest BCUT2D eigenvalue weighted by atomic mass is 79.9. The molecule has 2 rings (SSSR count). The molecule has 0 unspecified atom stereocenters. The second kappa shape index (κ2) is 4.00. The number of nitrogens with zero attached hydrogens (tertiary/aromatic N) is 1. The number of benzene rings is 1. The SMILES string of the molecule is O=C(CBr)N1CCOc2ccccc21. The predicted molar refractivity (Wildman–Crippen MR) is 58.1 cm³/mol. The van der Waals surface area contributed by atoms with E-state index < -0.39 is 0 Å². The van der Waals surface area contributed by atoms with Crippen LogP contribution in [0.15, 0.2) is 24.3 Å². The molecule has 1 aromatic carbocycles. The molecule has 1 amide bonds. The van der Waals surface area contributed by atoms with Gasteiger partial charge in [0, 0.05) is 0 Å². The zero-order chi connectivity index (χ0) is 9.97. The van der Waals surface area contributed by atoms with Gasteiger partial charge in [-0.05, 0) is 12.1 Å². The van der Waals surface area contributed by atoms with Gasteiger partial charge < -0.3 is 9.64 Å². The summed E-state index contributed by atoms with van der Waals surface area (Å²) in [6.07, 6.45) is 0. The second-order valence-electron chi connectivity index (χ2n) is 3.00. The van der Waals surface area contributed by atoms with Crippen LogP contribution in [-0.4, -0.2) is 24.4 Å². The molecule has 14 heavy (non-hydrogen) atoms. The van der Waals surface area contributed by atoms with Gasteiger partial charge in [0.05, 0.1) is 17.6 Å². The van der Waals surface area contributed by atoms with E-state index in [0.717, 1.165) is 11.4 Å². The predicted octanol–water partition coefficient (Wildman–Crippen LogP) is 1.81. The largest absolute Gasteiger partial charge is 0.490 e. The lowest BCUT2D eigenvalue weighted by atomic mass is 10.2. The number of carbonyl (C=O) groups excluding carboxylic acids is 1. The molecular formula is C10H10BrNO2. The van der Waals surface area contributed by atoms with Gasteiger partial charge in [-0.2, -0.15) is 0 Å². The molecule has 0 N–H and O–H groups in total. The standard InChI is InChI=1S/C10H10BrNO2/c11-7-10(13)12-5-6-14-9-4-2-1-3-8(9)12/h1-4H,5-7H2. The number of halogens is 1. The van der Waals surface area contributed by atoms with Crippen LogP contribution in [0.2, 0.25) is 0 Å². The van der Waals surface area contributed by atoms with Crippen molar-refractivity contribution in [2.75, 3.05) is 23.4 Å². The Labute approximate surface area is 90.8 Å². The first-order chi connectivity index (χ1) is 6.83. The molecule has 0 aromatic heterocycles. The number of para-hydroxylation sites is 2. The summed E-state index contributed by atoms with van der Waals surface area (Å²) in [5.41, 5.74) is 0.864. The Balaban J connectivity index is 2.35. The van der Waals surface area contributed by atoms with Crippen LogP contribution in [0.4, 0.5) is 5.69 Å². The zero-order valence-electron chi connectivity index (χ0n) is 7.57. The average Bonchev–Trinajstić information content (AvgIpc) is 2.27. The number of alkyl halides is 1. The van der Waals surface area contributed by atoms with Crippen molar-refractivity contribution in [3.63, 3.8) is 0 Å². The highest BCUT2D eigenvalue weighted by molar-refractivity contribution is 9.09. The summed E-state index contributed by atoms with van der Waals surface area (Å²) < 4.78 is 5.44. The summed E-state index contributed by atoms with van der Waals surface area (Å²) in [7, 11) is 0. The highest BCUT2D eigenvalue weighted by Crippen LogP contribution is 2.30. The van der Waals surface area contributed by atoms with E-state index >= 15 is 0 Å². The summed E-state index contributed by atoms with van der Waals surface area (Å²) in [6, 6.07) is 7.58. The number of hydrogen-bond acceptors (Lipinski definition) is 2. The molecule has 1 aliphatic rings. The van der Waals surface area contributed by atoms with Gasteiger partial charge in [0.2, 0.25) is 5.91 Å². The van der Waals surface area contributed by atoms with E-state index in [4.69, 9.17) is 4.74 Å². The summed E-state index contributed by atoms with van der Waals surface area (Å²) in [6.45, 7) is 1.19. The molecule has 74 valence electrons. The number of hydrogen-bond donors (Lipinski definition) is 0. The molecule has 0 atom stereocenters. The smallest absolute Gasteiger partial charge is 0.237 e. The zero-order valence-corrected chi connectivity index (χ0v) is 9.16. The second-order valence-corrected chi connectivity index (χ2v) is 3.56. The minimum absolute atomic E-state index is 0.0701. The highest BCUT2D eigenvalue weighted by Gasteiger charge is 2.21. The Morgan fingerprint density at radius 3 is 3.07 bits per heavy atom. The Morgan fingerprint density at radius 2 is 2.29 bits per heavy atom. The maximum atomic E-state index is 11.6. The van der Waals surface area contributed by atoms with Crippen LogP contribution in [0.5, 0.6) is 5.75 Å². The summed E-state index contributed by atoms with van der Waals surface area (Å²) in [5, 5.41) is 0.349. The van der Waals surface area contributed by atoms with Gasteiger partial charge >= 0.3 is 0 Å². The molecule has 0 fully saturated rings. The Hall–Kier alpha value is -1.03. The van der Waals surface area contributed by atoms with Gasteiger partial charge in [0.15, 0.2) is 0 Å². The minimum atomic E-state index is 0.0701. The maximum absolute atomic E-state index is 11.6. The summed E-state index contributed by atoms with van der Waals surface area (Å²) >= 11 is 3.17. The number of carbonyl (C=O) groups is 1. The van der Waals surface area contributed by atoms with Crippen LogP contribution in [0.1, 0.15) is 0 Å². The molecule has 0 aliphatic carbocycles. The van der Waals surface area contributed by atoms with Gasteiger partial charge in [-0.1, -0.05) is 28.1 Å². The van der Waals surface area contributed by atoms with Crippen LogP contribution >= 0.6 is 15.9 Å². The fraction of sp³-hybridized carbons (Fsp3) is 0.300. The Bertz CT molecular complexity index is 354. The third kappa shape index (κ3) is 1.62. The van der Waals surface area contributed by atoms with E-state index in [0.29, 0.717) is 18.5 Å². The number of rotatable bonds is 1. The van der Waals surface area contributed by atoms with Crippen LogP contribution < -0.4 is 9.64 Å². The lowest BCUT2D eigenvalue weighted by Gasteiger charge is -2.28. The monoisotopic (exact) mass is 255 g/mol. The fourth-order valence-electron chi connectivity index (χ4n) is 1.50. The number of anilines is 1. The Kier molecular flexibility index (Phi) is 2.72. The maximum Gasteiger partial charge on any atom is 0.237 e. The topological polar surface area (TPSA) is 29.5 Å². The summed E-state index contributed by atoms with van der Waals surface area (Å²) in [4.78, 5) is 13.3.